The average molecular weight is 360 g/mol. The van der Waals surface area contributed by atoms with E-state index >= 15 is 0 Å². The van der Waals surface area contributed by atoms with Crippen LogP contribution in [0.5, 0.6) is 17.2 Å². The van der Waals surface area contributed by atoms with Gasteiger partial charge in [0.1, 0.15) is 17.2 Å². The molecule has 0 saturated carbocycles. The third-order valence-electron chi connectivity index (χ3n) is 3.26. The molecular weight excluding hydrogens is 344 g/mol. The Balaban J connectivity index is 2.24. The Morgan fingerprint density at radius 2 is 1.42 bits per heavy atom. The molecule has 0 unspecified atom stereocenters. The van der Waals surface area contributed by atoms with Crippen molar-refractivity contribution in [1.29, 1.82) is 0 Å². The summed E-state index contributed by atoms with van der Waals surface area (Å²) in [7, 11) is 1.44. The van der Waals surface area contributed by atoms with Gasteiger partial charge in [-0.15, -0.1) is 0 Å². The van der Waals surface area contributed by atoms with Crippen LogP contribution in [0.2, 0.25) is 0 Å². The van der Waals surface area contributed by atoms with E-state index in [1.165, 1.54) is 43.5 Å². The van der Waals surface area contributed by atoms with E-state index in [0.717, 1.165) is 0 Å². The molecule has 0 amide bonds. The zero-order valence-electron chi connectivity index (χ0n) is 13.8. The summed E-state index contributed by atoms with van der Waals surface area (Å²) in [5.74, 6) is -1.86. The first-order valence-corrected chi connectivity index (χ1v) is 7.42. The highest BCUT2D eigenvalue weighted by Gasteiger charge is 2.17. The number of carbonyl (C=O) groups excluding carboxylic acids is 1. The predicted molar refractivity (Wildman–Crippen MR) is 89.1 cm³/mol. The maximum atomic E-state index is 12.7. The van der Waals surface area contributed by atoms with E-state index in [1.54, 1.807) is 6.07 Å². The van der Waals surface area contributed by atoms with Gasteiger partial charge in [0.25, 0.3) is 0 Å². The topological polar surface area (TPSA) is 119 Å². The lowest BCUT2D eigenvalue weighted by Gasteiger charge is -2.11. The van der Waals surface area contributed by atoms with Crippen molar-refractivity contribution in [3.63, 3.8) is 0 Å². The van der Waals surface area contributed by atoms with Crippen molar-refractivity contribution in [2.75, 3.05) is 20.3 Å². The Hall–Kier alpha value is -3.55. The minimum Gasteiger partial charge on any atom is -0.497 e. The van der Waals surface area contributed by atoms with Gasteiger partial charge in [0.05, 0.1) is 12.7 Å². The molecule has 2 aromatic carbocycles. The average Bonchev–Trinajstić information content (AvgIpc) is 2.64. The molecule has 0 aromatic heterocycles. The van der Waals surface area contributed by atoms with Crippen molar-refractivity contribution >= 4 is 17.7 Å². The van der Waals surface area contributed by atoms with Gasteiger partial charge in [-0.3, -0.25) is 4.79 Å². The van der Waals surface area contributed by atoms with Gasteiger partial charge in [0.15, 0.2) is 19.0 Å². The molecule has 0 aliphatic rings. The van der Waals surface area contributed by atoms with Crippen LogP contribution < -0.4 is 14.2 Å². The van der Waals surface area contributed by atoms with Gasteiger partial charge in [-0.1, -0.05) is 0 Å². The van der Waals surface area contributed by atoms with Gasteiger partial charge in [-0.2, -0.15) is 0 Å². The first-order chi connectivity index (χ1) is 12.4. The Bertz CT molecular complexity index is 810. The van der Waals surface area contributed by atoms with E-state index in [2.05, 4.69) is 0 Å². The number of carbonyl (C=O) groups is 3. The monoisotopic (exact) mass is 360 g/mol. The number of carboxylic acids is 2. The number of aliphatic carboxylic acids is 2. The van der Waals surface area contributed by atoms with Crippen LogP contribution in [0.4, 0.5) is 0 Å². The lowest BCUT2D eigenvalue weighted by atomic mass is 10.0. The molecule has 8 nitrogen and oxygen atoms in total. The molecule has 0 aliphatic heterocycles. The number of hydrogen-bond acceptors (Lipinski definition) is 6. The van der Waals surface area contributed by atoms with E-state index in [9.17, 15) is 14.4 Å². The summed E-state index contributed by atoms with van der Waals surface area (Å²) in [6.45, 7) is -1.09. The van der Waals surface area contributed by atoms with Crippen molar-refractivity contribution in [3.8, 4) is 17.2 Å². The van der Waals surface area contributed by atoms with Crippen molar-refractivity contribution in [3.05, 3.63) is 53.6 Å². The molecular formula is C18H16O8. The summed E-state index contributed by atoms with van der Waals surface area (Å²) in [5, 5.41) is 17.4. The molecule has 2 N–H and O–H groups in total. The zero-order chi connectivity index (χ0) is 19.1. The van der Waals surface area contributed by atoms with E-state index < -0.39 is 30.9 Å². The van der Waals surface area contributed by atoms with Crippen LogP contribution in [0.25, 0.3) is 0 Å². The number of ether oxygens (including phenoxy) is 3. The Labute approximate surface area is 148 Å². The van der Waals surface area contributed by atoms with Gasteiger partial charge < -0.3 is 24.4 Å². The standard InChI is InChI=1S/C18H16O8/c1-24-13-6-7-14(15(8-13)26-10-17(21)22)18(23)11-2-4-12(5-3-11)25-9-16(19)20/h2-8H,9-10H2,1H3,(H,19,20)(H,21,22). The molecule has 0 aliphatic carbocycles. The van der Waals surface area contributed by atoms with E-state index in [4.69, 9.17) is 24.4 Å². The van der Waals surface area contributed by atoms with Crippen LogP contribution >= 0.6 is 0 Å². The molecule has 8 heteroatoms. The SMILES string of the molecule is COc1ccc(C(=O)c2ccc(OCC(=O)O)cc2)c(OCC(=O)O)c1. The Morgan fingerprint density at radius 1 is 0.846 bits per heavy atom. The third kappa shape index (κ3) is 4.97. The van der Waals surface area contributed by atoms with Crippen LogP contribution in [0.15, 0.2) is 42.5 Å². The fourth-order valence-corrected chi connectivity index (χ4v) is 2.08. The minimum absolute atomic E-state index is 0.0861. The fraction of sp³-hybridized carbons (Fsp3) is 0.167. The molecule has 2 aromatic rings. The Kier molecular flexibility index (Phi) is 6.15. The van der Waals surface area contributed by atoms with Crippen LogP contribution in [-0.4, -0.2) is 48.3 Å². The second-order valence-electron chi connectivity index (χ2n) is 5.08. The normalized spacial score (nSPS) is 10.0. The molecule has 0 heterocycles. The second-order valence-corrected chi connectivity index (χ2v) is 5.08. The first-order valence-electron chi connectivity index (χ1n) is 7.42. The second kappa shape index (κ2) is 8.52. The number of ketones is 1. The predicted octanol–water partition coefficient (Wildman–Crippen LogP) is 1.85. The van der Waals surface area contributed by atoms with Gasteiger partial charge in [-0.05, 0) is 36.4 Å². The lowest BCUT2D eigenvalue weighted by molar-refractivity contribution is -0.140. The molecule has 136 valence electrons. The zero-order valence-corrected chi connectivity index (χ0v) is 13.8. The highest BCUT2D eigenvalue weighted by molar-refractivity contribution is 6.10. The molecule has 26 heavy (non-hydrogen) atoms. The minimum atomic E-state index is -1.17. The highest BCUT2D eigenvalue weighted by atomic mass is 16.5. The van der Waals surface area contributed by atoms with Gasteiger partial charge in [-0.25, -0.2) is 9.59 Å². The molecule has 0 spiro atoms. The summed E-state index contributed by atoms with van der Waals surface area (Å²) in [6, 6.07) is 10.4. The largest absolute Gasteiger partial charge is 0.497 e. The maximum absolute atomic E-state index is 12.7. The number of rotatable bonds is 9. The molecule has 0 radical (unpaired) electrons. The third-order valence-corrected chi connectivity index (χ3v) is 3.26. The van der Waals surface area contributed by atoms with Crippen molar-refractivity contribution in [2.45, 2.75) is 0 Å². The molecule has 0 saturated heterocycles. The summed E-state index contributed by atoms with van der Waals surface area (Å²) in [5.41, 5.74) is 0.476. The molecule has 2 rings (SSSR count). The van der Waals surface area contributed by atoms with E-state index in [-0.39, 0.29) is 11.3 Å². The molecule has 0 bridgehead atoms. The van der Waals surface area contributed by atoms with Gasteiger partial charge in [0, 0.05) is 11.6 Å². The number of hydrogen-bond donors (Lipinski definition) is 2. The van der Waals surface area contributed by atoms with Crippen LogP contribution in [0.1, 0.15) is 15.9 Å². The maximum Gasteiger partial charge on any atom is 0.341 e. The summed E-state index contributed by atoms with van der Waals surface area (Å²) >= 11 is 0. The van der Waals surface area contributed by atoms with Crippen LogP contribution in [0, 0.1) is 0 Å². The van der Waals surface area contributed by atoms with Gasteiger partial charge >= 0.3 is 11.9 Å². The van der Waals surface area contributed by atoms with Crippen molar-refractivity contribution in [1.82, 2.24) is 0 Å². The number of methoxy groups -OCH3 is 1. The lowest BCUT2D eigenvalue weighted by Crippen LogP contribution is -2.13. The van der Waals surface area contributed by atoms with Crippen LogP contribution in [-0.2, 0) is 9.59 Å². The molecule has 0 fully saturated rings. The number of benzene rings is 2. The smallest absolute Gasteiger partial charge is 0.341 e. The Morgan fingerprint density at radius 3 is 2.00 bits per heavy atom. The summed E-state index contributed by atoms with van der Waals surface area (Å²) in [6.07, 6.45) is 0. The van der Waals surface area contributed by atoms with Crippen molar-refractivity contribution in [2.24, 2.45) is 0 Å². The van der Waals surface area contributed by atoms with Gasteiger partial charge in [0.2, 0.25) is 0 Å². The highest BCUT2D eigenvalue weighted by Crippen LogP contribution is 2.27. The first kappa shape index (κ1) is 18.8. The number of carboxylic acid groups (broad SMARTS) is 2. The summed E-state index contributed by atoms with van der Waals surface area (Å²) < 4.78 is 15.3. The van der Waals surface area contributed by atoms with Crippen molar-refractivity contribution < 1.29 is 38.8 Å². The van der Waals surface area contributed by atoms with E-state index in [0.29, 0.717) is 17.1 Å². The van der Waals surface area contributed by atoms with Crippen LogP contribution in [0.3, 0.4) is 0 Å². The van der Waals surface area contributed by atoms with E-state index in [1.807, 2.05) is 0 Å². The molecule has 0 atom stereocenters. The fourth-order valence-electron chi connectivity index (χ4n) is 2.08. The summed E-state index contributed by atoms with van der Waals surface area (Å²) in [4.78, 5) is 33.9. The quantitative estimate of drug-likeness (QED) is 0.650.